The van der Waals surface area contributed by atoms with Crippen LogP contribution >= 0.6 is 0 Å². The van der Waals surface area contributed by atoms with Crippen molar-refractivity contribution in [2.45, 2.75) is 5.25 Å². The van der Waals surface area contributed by atoms with Crippen molar-refractivity contribution in [2.24, 2.45) is 0 Å². The first-order valence-electron chi connectivity index (χ1n) is 3.45. The van der Waals surface area contributed by atoms with Gasteiger partial charge < -0.3 is 0 Å². The third-order valence-electron chi connectivity index (χ3n) is 1.72. The average Bonchev–Trinajstić information content (AvgIpc) is 2.28. The molecule has 0 nitrogen and oxygen atoms in total. The maximum absolute atomic E-state index is 2.43. The van der Waals surface area contributed by atoms with Crippen molar-refractivity contribution in [3.63, 3.8) is 0 Å². The number of allylic oxidation sites excluding steroid dienone is 7. The van der Waals surface area contributed by atoms with E-state index in [-0.39, 0.29) is 48.1 Å². The van der Waals surface area contributed by atoms with Gasteiger partial charge in [-0.15, -0.1) is 0 Å². The summed E-state index contributed by atoms with van der Waals surface area (Å²) in [6.07, 6.45) is 10.8. The molecule has 0 spiro atoms. The number of rotatable bonds is 0. The third-order valence-corrected chi connectivity index (χ3v) is 4.02. The molecule has 0 aromatic heterocycles. The van der Waals surface area contributed by atoms with Crippen molar-refractivity contribution in [1.82, 2.24) is 0 Å². The van der Waals surface area contributed by atoms with Gasteiger partial charge in [-0.05, 0) is 0 Å². The normalized spacial score (nSPS) is 19.6. The van der Waals surface area contributed by atoms with Crippen LogP contribution in [-0.4, -0.2) is 15.4 Å². The van der Waals surface area contributed by atoms with Crippen LogP contribution in [0.25, 0.3) is 0 Å². The van der Waals surface area contributed by atoms with Gasteiger partial charge in [-0.2, -0.15) is 0 Å². The SMILES string of the molecule is C1=CC=C2[CH2][Ge][CH]=C2C=C1.[Y]. The average molecular weight is 278 g/mol. The number of fused-ring (bicyclic) bond motifs is 1. The van der Waals surface area contributed by atoms with Gasteiger partial charge in [-0.3, -0.25) is 0 Å². The van der Waals surface area contributed by atoms with Gasteiger partial charge in [0, 0.05) is 32.7 Å². The second-order valence-electron chi connectivity index (χ2n) is 2.42. The molecule has 0 amide bonds. The van der Waals surface area contributed by atoms with Gasteiger partial charge >= 0.3 is 67.1 Å². The topological polar surface area (TPSA) is 0 Å². The summed E-state index contributed by atoms with van der Waals surface area (Å²) in [5, 5.41) is 1.35. The molecule has 0 N–H and O–H groups in total. The van der Waals surface area contributed by atoms with E-state index in [0.717, 1.165) is 0 Å². The van der Waals surface area contributed by atoms with Crippen LogP contribution in [-0.2, 0) is 32.7 Å². The maximum atomic E-state index is 2.43. The van der Waals surface area contributed by atoms with Gasteiger partial charge in [0.05, 0.1) is 0 Å². The molecule has 3 radical (unpaired) electrons. The largest absolute Gasteiger partial charge is 0 e. The van der Waals surface area contributed by atoms with E-state index in [1.165, 1.54) is 10.8 Å². The molecule has 2 rings (SSSR count). The summed E-state index contributed by atoms with van der Waals surface area (Å²) in [5.74, 6) is 0. The van der Waals surface area contributed by atoms with E-state index in [2.05, 4.69) is 35.3 Å². The maximum Gasteiger partial charge on any atom is 0 e. The van der Waals surface area contributed by atoms with E-state index in [1.54, 1.807) is 5.57 Å². The predicted octanol–water partition coefficient (Wildman–Crippen LogP) is 2.06. The van der Waals surface area contributed by atoms with Gasteiger partial charge in [-0.25, -0.2) is 0 Å². The van der Waals surface area contributed by atoms with Crippen molar-refractivity contribution < 1.29 is 32.7 Å². The van der Waals surface area contributed by atoms with Gasteiger partial charge in [0.1, 0.15) is 0 Å². The molecule has 2 aliphatic rings. The second-order valence-corrected chi connectivity index (χ2v) is 4.62. The third kappa shape index (κ3) is 2.27. The first-order valence-corrected chi connectivity index (χ1v) is 6.14. The molecular weight excluding hydrogens is 270 g/mol. The van der Waals surface area contributed by atoms with Crippen molar-refractivity contribution >= 4 is 15.4 Å². The van der Waals surface area contributed by atoms with Crippen LogP contribution in [0.4, 0.5) is 0 Å². The fraction of sp³-hybridized carbons (Fsp3) is 0.111. The molecule has 11 heavy (non-hydrogen) atoms. The molecule has 0 saturated heterocycles. The van der Waals surface area contributed by atoms with Gasteiger partial charge in [0.25, 0.3) is 0 Å². The van der Waals surface area contributed by atoms with E-state index < -0.39 is 0 Å². The number of hydrogen-bond donors (Lipinski definition) is 0. The molecular formula is C9H8GeY. The van der Waals surface area contributed by atoms with Crippen molar-refractivity contribution in [1.29, 1.82) is 0 Å². The molecule has 2 heteroatoms. The van der Waals surface area contributed by atoms with E-state index in [0.29, 0.717) is 0 Å². The van der Waals surface area contributed by atoms with E-state index in [1.807, 2.05) is 0 Å². The van der Waals surface area contributed by atoms with Crippen molar-refractivity contribution in [2.75, 3.05) is 0 Å². The van der Waals surface area contributed by atoms with Crippen molar-refractivity contribution in [3.8, 4) is 0 Å². The zero-order valence-electron chi connectivity index (χ0n) is 6.25. The first kappa shape index (κ1) is 9.69. The Hall–Kier alpha value is 0.607. The molecule has 0 saturated carbocycles. The molecule has 0 aromatic carbocycles. The summed E-state index contributed by atoms with van der Waals surface area (Å²) in [4.78, 5) is 2.43. The molecule has 0 aromatic rings. The van der Waals surface area contributed by atoms with E-state index in [9.17, 15) is 0 Å². The summed E-state index contributed by atoms with van der Waals surface area (Å²) < 4.78 is 0. The molecule has 0 fully saturated rings. The van der Waals surface area contributed by atoms with Crippen LogP contribution in [0.1, 0.15) is 0 Å². The van der Waals surface area contributed by atoms with Gasteiger partial charge in [0.2, 0.25) is 0 Å². The summed E-state index contributed by atoms with van der Waals surface area (Å²) >= 11 is 0.244. The zero-order valence-corrected chi connectivity index (χ0v) is 11.2. The van der Waals surface area contributed by atoms with Crippen LogP contribution in [0, 0.1) is 0 Å². The molecule has 51 valence electrons. The monoisotopic (exact) mass is 279 g/mol. The second kappa shape index (κ2) is 4.59. The predicted molar refractivity (Wildman–Crippen MR) is 45.0 cm³/mol. The zero-order chi connectivity index (χ0) is 6.81. The standard InChI is InChI=1S/C9H8Ge.Y/c1-2-4-8-6-10-7-9(8)5-3-1;/h1-6H,7H2;. The van der Waals surface area contributed by atoms with Crippen LogP contribution < -0.4 is 0 Å². The molecule has 0 bridgehead atoms. The Labute approximate surface area is 98.9 Å². The van der Waals surface area contributed by atoms with Crippen LogP contribution in [0.5, 0.6) is 0 Å². The molecule has 1 aliphatic carbocycles. The minimum Gasteiger partial charge on any atom is 0 e. The quantitative estimate of drug-likeness (QED) is 0.595. The van der Waals surface area contributed by atoms with Gasteiger partial charge in [-0.1, -0.05) is 0 Å². The fourth-order valence-electron chi connectivity index (χ4n) is 1.17. The van der Waals surface area contributed by atoms with Crippen LogP contribution in [0.2, 0.25) is 5.25 Å². The minimum atomic E-state index is 0. The molecule has 1 aliphatic heterocycles. The molecule has 0 unspecified atom stereocenters. The Bertz CT molecular complexity index is 259. The Morgan fingerprint density at radius 1 is 1.18 bits per heavy atom. The molecule has 1 heterocycles. The first-order chi connectivity index (χ1) is 4.97. The Kier molecular flexibility index (Phi) is 4.04. The Morgan fingerprint density at radius 2 is 2.09 bits per heavy atom. The summed E-state index contributed by atoms with van der Waals surface area (Å²) in [5.41, 5.74) is 3.02. The van der Waals surface area contributed by atoms with Crippen LogP contribution in [0.3, 0.4) is 0 Å². The summed E-state index contributed by atoms with van der Waals surface area (Å²) in [7, 11) is 0. The van der Waals surface area contributed by atoms with Crippen molar-refractivity contribution in [3.05, 3.63) is 46.4 Å². The smallest absolute Gasteiger partial charge is 0 e. The minimum absolute atomic E-state index is 0. The Morgan fingerprint density at radius 3 is 3.00 bits per heavy atom. The van der Waals surface area contributed by atoms with E-state index >= 15 is 0 Å². The molecule has 0 atom stereocenters. The summed E-state index contributed by atoms with van der Waals surface area (Å²) in [6, 6.07) is 0. The number of hydrogen-bond acceptors (Lipinski definition) is 0. The fourth-order valence-corrected chi connectivity index (χ4v) is 3.57. The Balaban J connectivity index is 0.000000605. The van der Waals surface area contributed by atoms with Crippen LogP contribution in [0.15, 0.2) is 46.4 Å². The van der Waals surface area contributed by atoms with Gasteiger partial charge in [0.15, 0.2) is 0 Å². The van der Waals surface area contributed by atoms with E-state index in [4.69, 9.17) is 0 Å². The summed E-state index contributed by atoms with van der Waals surface area (Å²) in [6.45, 7) is 0.